The van der Waals surface area contributed by atoms with Crippen LogP contribution in [-0.4, -0.2) is 6.04 Å². The number of terminal acetylenes is 1. The van der Waals surface area contributed by atoms with Gasteiger partial charge in [0.1, 0.15) is 0 Å². The quantitative estimate of drug-likeness (QED) is 0.687. The van der Waals surface area contributed by atoms with Crippen molar-refractivity contribution in [3.63, 3.8) is 0 Å². The van der Waals surface area contributed by atoms with E-state index in [9.17, 15) is 8.78 Å². The molecule has 0 aliphatic heterocycles. The highest BCUT2D eigenvalue weighted by atomic mass is 19.2. The Morgan fingerprint density at radius 1 is 1.46 bits per heavy atom. The van der Waals surface area contributed by atoms with Gasteiger partial charge in [0.25, 0.3) is 0 Å². The van der Waals surface area contributed by atoms with Crippen molar-refractivity contribution in [3.8, 4) is 12.3 Å². The Labute approximate surface area is 75.6 Å². The first-order chi connectivity index (χ1) is 6.15. The summed E-state index contributed by atoms with van der Waals surface area (Å²) < 4.78 is 25.7. The molecule has 3 heteroatoms. The molecule has 1 unspecified atom stereocenters. The maximum absolute atomic E-state index is 13.0. The highest BCUT2D eigenvalue weighted by Crippen LogP contribution is 2.12. The van der Waals surface area contributed by atoms with E-state index in [0.717, 1.165) is 6.07 Å². The molecule has 0 saturated carbocycles. The van der Waals surface area contributed by atoms with E-state index < -0.39 is 17.7 Å². The molecule has 0 bridgehead atoms. The number of benzene rings is 1. The molecule has 1 rings (SSSR count). The van der Waals surface area contributed by atoms with Gasteiger partial charge in [0.05, 0.1) is 6.04 Å². The Hall–Kier alpha value is -1.40. The lowest BCUT2D eigenvalue weighted by atomic mass is 10.1. The van der Waals surface area contributed by atoms with Gasteiger partial charge in [0.15, 0.2) is 11.6 Å². The van der Waals surface area contributed by atoms with Gasteiger partial charge in [-0.05, 0) is 11.6 Å². The van der Waals surface area contributed by atoms with Crippen molar-refractivity contribution in [3.05, 3.63) is 35.4 Å². The number of halogens is 2. The minimum atomic E-state index is -0.873. The third-order valence-corrected chi connectivity index (χ3v) is 1.69. The fraction of sp³-hybridized carbons (Fsp3) is 0.200. The SMILES string of the molecule is C#CC(N)Cc1cccc(F)c1F. The Morgan fingerprint density at radius 3 is 2.77 bits per heavy atom. The van der Waals surface area contributed by atoms with Crippen LogP contribution in [0.25, 0.3) is 0 Å². The second kappa shape index (κ2) is 4.01. The topological polar surface area (TPSA) is 26.0 Å². The summed E-state index contributed by atoms with van der Waals surface area (Å²) in [6.07, 6.45) is 5.17. The van der Waals surface area contributed by atoms with Crippen LogP contribution in [-0.2, 0) is 6.42 Å². The molecule has 0 aliphatic carbocycles. The van der Waals surface area contributed by atoms with Gasteiger partial charge >= 0.3 is 0 Å². The molecule has 0 amide bonds. The summed E-state index contributed by atoms with van der Waals surface area (Å²) in [6.45, 7) is 0. The molecule has 1 nitrogen and oxygen atoms in total. The van der Waals surface area contributed by atoms with E-state index in [4.69, 9.17) is 12.2 Å². The predicted molar refractivity (Wildman–Crippen MR) is 46.9 cm³/mol. The van der Waals surface area contributed by atoms with Gasteiger partial charge in [-0.15, -0.1) is 6.42 Å². The van der Waals surface area contributed by atoms with E-state index in [1.807, 2.05) is 0 Å². The summed E-state index contributed by atoms with van der Waals surface area (Å²) >= 11 is 0. The summed E-state index contributed by atoms with van der Waals surface area (Å²) in [4.78, 5) is 0. The molecule has 1 aromatic carbocycles. The third kappa shape index (κ3) is 2.27. The average Bonchev–Trinajstić information content (AvgIpc) is 2.13. The zero-order valence-electron chi connectivity index (χ0n) is 6.93. The monoisotopic (exact) mass is 181 g/mol. The van der Waals surface area contributed by atoms with Crippen LogP contribution in [0.1, 0.15) is 5.56 Å². The van der Waals surface area contributed by atoms with E-state index >= 15 is 0 Å². The van der Waals surface area contributed by atoms with Gasteiger partial charge in [-0.25, -0.2) is 8.78 Å². The number of hydrogen-bond acceptors (Lipinski definition) is 1. The third-order valence-electron chi connectivity index (χ3n) is 1.69. The van der Waals surface area contributed by atoms with Crippen molar-refractivity contribution in [2.45, 2.75) is 12.5 Å². The van der Waals surface area contributed by atoms with Gasteiger partial charge in [0.2, 0.25) is 0 Å². The lowest BCUT2D eigenvalue weighted by Gasteiger charge is -2.05. The first kappa shape index (κ1) is 9.69. The van der Waals surface area contributed by atoms with Gasteiger partial charge in [-0.3, -0.25) is 0 Å². The molecule has 1 atom stereocenters. The van der Waals surface area contributed by atoms with Crippen molar-refractivity contribution in [1.82, 2.24) is 0 Å². The molecule has 2 N–H and O–H groups in total. The molecule has 0 aliphatic rings. The molecule has 0 heterocycles. The summed E-state index contributed by atoms with van der Waals surface area (Å²) in [5.41, 5.74) is 5.61. The maximum Gasteiger partial charge on any atom is 0.162 e. The molecule has 0 fully saturated rings. The van der Waals surface area contributed by atoms with E-state index in [0.29, 0.717) is 0 Å². The molecule has 0 saturated heterocycles. The second-order valence-electron chi connectivity index (χ2n) is 2.69. The van der Waals surface area contributed by atoms with E-state index in [1.165, 1.54) is 12.1 Å². The summed E-state index contributed by atoms with van der Waals surface area (Å²) in [5, 5.41) is 0. The van der Waals surface area contributed by atoms with Crippen LogP contribution in [0.3, 0.4) is 0 Å². The first-order valence-electron chi connectivity index (χ1n) is 3.79. The molecule has 1 aromatic rings. The molecular weight excluding hydrogens is 172 g/mol. The summed E-state index contributed by atoms with van der Waals surface area (Å²) in [6, 6.07) is 3.38. The van der Waals surface area contributed by atoms with Crippen LogP contribution in [0.4, 0.5) is 8.78 Å². The Morgan fingerprint density at radius 2 is 2.15 bits per heavy atom. The number of rotatable bonds is 2. The Kier molecular flexibility index (Phi) is 2.99. The minimum absolute atomic E-state index is 0.153. The minimum Gasteiger partial charge on any atom is -0.317 e. The second-order valence-corrected chi connectivity index (χ2v) is 2.69. The highest BCUT2D eigenvalue weighted by Gasteiger charge is 2.09. The van der Waals surface area contributed by atoms with Crippen molar-refractivity contribution in [1.29, 1.82) is 0 Å². The fourth-order valence-electron chi connectivity index (χ4n) is 1.00. The smallest absolute Gasteiger partial charge is 0.162 e. The van der Waals surface area contributed by atoms with Crippen LogP contribution in [0.15, 0.2) is 18.2 Å². The van der Waals surface area contributed by atoms with Crippen molar-refractivity contribution >= 4 is 0 Å². The molecule has 0 radical (unpaired) electrons. The normalized spacial score (nSPS) is 12.2. The van der Waals surface area contributed by atoms with Crippen molar-refractivity contribution in [2.24, 2.45) is 5.73 Å². The molecule has 0 aromatic heterocycles. The Bertz CT molecular complexity index is 341. The zero-order valence-corrected chi connectivity index (χ0v) is 6.93. The average molecular weight is 181 g/mol. The van der Waals surface area contributed by atoms with Gasteiger partial charge in [-0.1, -0.05) is 18.1 Å². The molecule has 68 valence electrons. The van der Waals surface area contributed by atoms with Crippen LogP contribution < -0.4 is 5.73 Å². The number of nitrogens with two attached hydrogens (primary N) is 1. The molecule has 13 heavy (non-hydrogen) atoms. The van der Waals surface area contributed by atoms with Crippen molar-refractivity contribution < 1.29 is 8.78 Å². The summed E-state index contributed by atoms with van der Waals surface area (Å²) in [7, 11) is 0. The largest absolute Gasteiger partial charge is 0.317 e. The van der Waals surface area contributed by atoms with Gasteiger partial charge in [-0.2, -0.15) is 0 Å². The number of hydrogen-bond donors (Lipinski definition) is 1. The maximum atomic E-state index is 13.0. The lowest BCUT2D eigenvalue weighted by molar-refractivity contribution is 0.497. The van der Waals surface area contributed by atoms with E-state index in [2.05, 4.69) is 5.92 Å². The van der Waals surface area contributed by atoms with E-state index in [1.54, 1.807) is 0 Å². The standard InChI is InChI=1S/C10H9F2N/c1-2-8(13)6-7-4-3-5-9(11)10(7)12/h1,3-5,8H,6,13H2. The predicted octanol–water partition coefficient (Wildman–Crippen LogP) is 1.47. The zero-order chi connectivity index (χ0) is 9.84. The van der Waals surface area contributed by atoms with Crippen molar-refractivity contribution in [2.75, 3.05) is 0 Å². The first-order valence-corrected chi connectivity index (χ1v) is 3.79. The lowest BCUT2D eigenvalue weighted by Crippen LogP contribution is -2.20. The van der Waals surface area contributed by atoms with Crippen LogP contribution in [0.5, 0.6) is 0 Å². The molecule has 0 spiro atoms. The summed E-state index contributed by atoms with van der Waals surface area (Å²) in [5.74, 6) is 0.508. The molecular formula is C10H9F2N. The van der Waals surface area contributed by atoms with Crippen LogP contribution >= 0.6 is 0 Å². The van der Waals surface area contributed by atoms with E-state index in [-0.39, 0.29) is 12.0 Å². The van der Waals surface area contributed by atoms with Crippen LogP contribution in [0, 0.1) is 24.0 Å². The van der Waals surface area contributed by atoms with Gasteiger partial charge in [0, 0.05) is 6.42 Å². The highest BCUT2D eigenvalue weighted by molar-refractivity contribution is 5.21. The van der Waals surface area contributed by atoms with Crippen LogP contribution in [0.2, 0.25) is 0 Å². The van der Waals surface area contributed by atoms with Gasteiger partial charge < -0.3 is 5.73 Å². The Balaban J connectivity index is 2.90. The fourth-order valence-corrected chi connectivity index (χ4v) is 1.00.